The Morgan fingerprint density at radius 2 is 2.11 bits per heavy atom. The minimum absolute atomic E-state index is 0.111. The summed E-state index contributed by atoms with van der Waals surface area (Å²) < 4.78 is 0. The lowest BCUT2D eigenvalue weighted by Crippen LogP contribution is -2.39. The third-order valence-electron chi connectivity index (χ3n) is 4.41. The molecule has 1 aromatic heterocycles. The van der Waals surface area contributed by atoms with Gasteiger partial charge in [0.25, 0.3) is 0 Å². The van der Waals surface area contributed by atoms with Crippen LogP contribution < -0.4 is 5.32 Å². The number of aliphatic hydroxyl groups excluding tert-OH is 1. The molecule has 2 N–H and O–H groups in total. The van der Waals surface area contributed by atoms with Gasteiger partial charge in [0.1, 0.15) is 0 Å². The molecule has 3 nitrogen and oxygen atoms in total. The first-order chi connectivity index (χ1) is 9.29. The van der Waals surface area contributed by atoms with Gasteiger partial charge in [-0.15, -0.1) is 0 Å². The smallest absolute Gasteiger partial charge is 0.0573 e. The van der Waals surface area contributed by atoms with Crippen molar-refractivity contribution in [2.75, 3.05) is 13.2 Å². The van der Waals surface area contributed by atoms with Crippen LogP contribution in [0.15, 0.2) is 18.3 Å². The van der Waals surface area contributed by atoms with E-state index in [1.165, 1.54) is 24.8 Å². The van der Waals surface area contributed by atoms with Crippen LogP contribution >= 0.6 is 0 Å². The molecule has 0 spiro atoms. The molecule has 0 amide bonds. The third-order valence-corrected chi connectivity index (χ3v) is 4.41. The number of rotatable bonds is 6. The maximum Gasteiger partial charge on any atom is 0.0573 e. The van der Waals surface area contributed by atoms with Crippen molar-refractivity contribution < 1.29 is 5.11 Å². The van der Waals surface area contributed by atoms with Crippen LogP contribution in [0.25, 0.3) is 0 Å². The van der Waals surface area contributed by atoms with Gasteiger partial charge in [-0.1, -0.05) is 32.3 Å². The van der Waals surface area contributed by atoms with E-state index in [9.17, 15) is 5.11 Å². The molecule has 1 aromatic rings. The highest BCUT2D eigenvalue weighted by atomic mass is 16.3. The van der Waals surface area contributed by atoms with Gasteiger partial charge in [0.2, 0.25) is 0 Å². The molecule has 0 aromatic carbocycles. The summed E-state index contributed by atoms with van der Waals surface area (Å²) in [6.07, 6.45) is 9.02. The van der Waals surface area contributed by atoms with Gasteiger partial charge in [0.15, 0.2) is 0 Å². The molecule has 0 bridgehead atoms. The minimum Gasteiger partial charge on any atom is -0.396 e. The lowest BCUT2D eigenvalue weighted by molar-refractivity contribution is 0.0809. The minimum atomic E-state index is 0.111. The van der Waals surface area contributed by atoms with E-state index in [1.807, 2.05) is 12.3 Å². The van der Waals surface area contributed by atoms with Crippen molar-refractivity contribution in [1.82, 2.24) is 10.3 Å². The van der Waals surface area contributed by atoms with Gasteiger partial charge in [0, 0.05) is 31.3 Å². The Hall–Kier alpha value is -0.930. The molecule has 0 atom stereocenters. The maximum atomic E-state index is 9.68. The third kappa shape index (κ3) is 3.77. The number of nitrogens with one attached hydrogen (secondary N) is 1. The zero-order valence-electron chi connectivity index (χ0n) is 12.0. The highest BCUT2D eigenvalue weighted by molar-refractivity contribution is 5.19. The number of hydrogen-bond donors (Lipinski definition) is 2. The SMILES string of the molecule is CCc1cccnc1CNCC1(CO)CCCCC1. The first-order valence-corrected chi connectivity index (χ1v) is 7.54. The van der Waals surface area contributed by atoms with Gasteiger partial charge >= 0.3 is 0 Å². The predicted molar refractivity (Wildman–Crippen MR) is 77.9 cm³/mol. The summed E-state index contributed by atoms with van der Waals surface area (Å²) in [5, 5.41) is 13.2. The van der Waals surface area contributed by atoms with Crippen LogP contribution in [-0.4, -0.2) is 23.2 Å². The van der Waals surface area contributed by atoms with E-state index in [4.69, 9.17) is 0 Å². The zero-order valence-corrected chi connectivity index (χ0v) is 12.0. The lowest BCUT2D eigenvalue weighted by Gasteiger charge is -2.35. The summed E-state index contributed by atoms with van der Waals surface area (Å²) in [5.74, 6) is 0. The molecule has 1 fully saturated rings. The van der Waals surface area contributed by atoms with E-state index in [0.717, 1.165) is 38.0 Å². The Morgan fingerprint density at radius 3 is 2.79 bits per heavy atom. The number of hydrogen-bond acceptors (Lipinski definition) is 3. The molecule has 1 saturated carbocycles. The Bertz CT molecular complexity index is 386. The fourth-order valence-electron chi connectivity index (χ4n) is 3.09. The highest BCUT2D eigenvalue weighted by Crippen LogP contribution is 2.35. The van der Waals surface area contributed by atoms with Crippen LogP contribution in [0.4, 0.5) is 0 Å². The van der Waals surface area contributed by atoms with Gasteiger partial charge in [-0.05, 0) is 30.9 Å². The van der Waals surface area contributed by atoms with Crippen LogP contribution in [0.5, 0.6) is 0 Å². The average molecular weight is 262 g/mol. The van der Waals surface area contributed by atoms with Crippen LogP contribution in [0, 0.1) is 5.41 Å². The summed E-state index contributed by atoms with van der Waals surface area (Å²) in [5.41, 5.74) is 2.57. The molecule has 19 heavy (non-hydrogen) atoms. The quantitative estimate of drug-likeness (QED) is 0.828. The van der Waals surface area contributed by atoms with Gasteiger partial charge in [-0.2, -0.15) is 0 Å². The first-order valence-electron chi connectivity index (χ1n) is 7.54. The summed E-state index contributed by atoms with van der Waals surface area (Å²) in [4.78, 5) is 4.46. The molecule has 106 valence electrons. The highest BCUT2D eigenvalue weighted by Gasteiger charge is 2.30. The second kappa shape index (κ2) is 7.01. The van der Waals surface area contributed by atoms with Crippen molar-refractivity contribution in [2.24, 2.45) is 5.41 Å². The van der Waals surface area contributed by atoms with E-state index in [-0.39, 0.29) is 5.41 Å². The van der Waals surface area contributed by atoms with E-state index < -0.39 is 0 Å². The summed E-state index contributed by atoms with van der Waals surface area (Å²) in [6.45, 7) is 4.19. The molecule has 1 aliphatic rings. The van der Waals surface area contributed by atoms with Crippen molar-refractivity contribution in [3.63, 3.8) is 0 Å². The molecule has 0 saturated heterocycles. The standard InChI is InChI=1S/C16H26N2O/c1-2-14-7-6-10-18-15(14)11-17-12-16(13-19)8-4-3-5-9-16/h6-7,10,17,19H,2-5,8-9,11-13H2,1H3. The van der Waals surface area contributed by atoms with Crippen molar-refractivity contribution in [1.29, 1.82) is 0 Å². The fourth-order valence-corrected chi connectivity index (χ4v) is 3.09. The van der Waals surface area contributed by atoms with E-state index in [1.54, 1.807) is 0 Å². The second-order valence-electron chi connectivity index (χ2n) is 5.79. The van der Waals surface area contributed by atoms with Crippen molar-refractivity contribution in [2.45, 2.75) is 52.0 Å². The second-order valence-corrected chi connectivity index (χ2v) is 5.79. The number of pyridine rings is 1. The molecule has 0 aliphatic heterocycles. The predicted octanol–water partition coefficient (Wildman–Crippen LogP) is 2.68. The number of aryl methyl sites for hydroxylation is 1. The maximum absolute atomic E-state index is 9.68. The molecule has 3 heteroatoms. The van der Waals surface area contributed by atoms with Gasteiger partial charge in [-0.25, -0.2) is 0 Å². The van der Waals surface area contributed by atoms with Crippen molar-refractivity contribution in [3.8, 4) is 0 Å². The molecule has 0 radical (unpaired) electrons. The Balaban J connectivity index is 1.88. The number of aliphatic hydroxyl groups is 1. The van der Waals surface area contributed by atoms with Crippen LogP contribution in [0.1, 0.15) is 50.3 Å². The summed E-state index contributed by atoms with van der Waals surface area (Å²) in [6, 6.07) is 4.14. The van der Waals surface area contributed by atoms with Gasteiger partial charge in [-0.3, -0.25) is 4.98 Å². The van der Waals surface area contributed by atoms with Crippen LogP contribution in [0.3, 0.4) is 0 Å². The van der Waals surface area contributed by atoms with Crippen LogP contribution in [-0.2, 0) is 13.0 Å². The molecule has 1 aliphatic carbocycles. The first kappa shape index (κ1) is 14.5. The molecule has 2 rings (SSSR count). The zero-order chi connectivity index (χ0) is 13.6. The normalized spacial score (nSPS) is 18.4. The number of nitrogens with zero attached hydrogens (tertiary/aromatic N) is 1. The fraction of sp³-hybridized carbons (Fsp3) is 0.688. The van der Waals surface area contributed by atoms with Crippen LogP contribution in [0.2, 0.25) is 0 Å². The Labute approximate surface area is 116 Å². The molecular weight excluding hydrogens is 236 g/mol. The van der Waals surface area contributed by atoms with Gasteiger partial charge < -0.3 is 10.4 Å². The molecular formula is C16H26N2O. The molecule has 0 unspecified atom stereocenters. The van der Waals surface area contributed by atoms with Crippen molar-refractivity contribution in [3.05, 3.63) is 29.6 Å². The van der Waals surface area contributed by atoms with E-state index >= 15 is 0 Å². The summed E-state index contributed by atoms with van der Waals surface area (Å²) in [7, 11) is 0. The monoisotopic (exact) mass is 262 g/mol. The molecule has 1 heterocycles. The van der Waals surface area contributed by atoms with Gasteiger partial charge in [0.05, 0.1) is 5.69 Å². The summed E-state index contributed by atoms with van der Waals surface area (Å²) >= 11 is 0. The Kier molecular flexibility index (Phi) is 5.34. The topological polar surface area (TPSA) is 45.2 Å². The average Bonchev–Trinajstić information content (AvgIpc) is 2.49. The van der Waals surface area contributed by atoms with E-state index in [2.05, 4.69) is 23.3 Å². The number of aromatic nitrogens is 1. The lowest BCUT2D eigenvalue weighted by atomic mass is 9.74. The van der Waals surface area contributed by atoms with Crippen molar-refractivity contribution >= 4 is 0 Å². The largest absolute Gasteiger partial charge is 0.396 e. The Morgan fingerprint density at radius 1 is 1.32 bits per heavy atom. The van der Waals surface area contributed by atoms with E-state index in [0.29, 0.717) is 6.61 Å².